The molecule has 0 aliphatic carbocycles. The SMILES string of the molecule is CN1[C@@H]2CC[C@H]1CC(OC(=O)N(Cc1ccoc1)c1ccccc1)C2. The average Bonchev–Trinajstić information content (AvgIpc) is 3.19. The molecule has 0 radical (unpaired) electrons. The zero-order chi connectivity index (χ0) is 17.2. The molecule has 132 valence electrons. The molecule has 0 saturated carbocycles. The molecule has 1 amide bonds. The van der Waals surface area contributed by atoms with Crippen molar-refractivity contribution in [3.05, 3.63) is 54.5 Å². The highest BCUT2D eigenvalue weighted by Gasteiger charge is 2.40. The van der Waals surface area contributed by atoms with Crippen LogP contribution in [0, 0.1) is 0 Å². The Morgan fingerprint density at radius 3 is 2.56 bits per heavy atom. The van der Waals surface area contributed by atoms with Crippen LogP contribution < -0.4 is 4.90 Å². The van der Waals surface area contributed by atoms with Gasteiger partial charge in [0.2, 0.25) is 0 Å². The van der Waals surface area contributed by atoms with Crippen molar-refractivity contribution in [2.45, 2.75) is 50.4 Å². The Hall–Kier alpha value is -2.27. The van der Waals surface area contributed by atoms with Crippen molar-refractivity contribution in [1.29, 1.82) is 0 Å². The van der Waals surface area contributed by atoms with E-state index < -0.39 is 0 Å². The van der Waals surface area contributed by atoms with Crippen molar-refractivity contribution in [1.82, 2.24) is 4.90 Å². The van der Waals surface area contributed by atoms with Crippen LogP contribution in [0.4, 0.5) is 10.5 Å². The van der Waals surface area contributed by atoms with Crippen LogP contribution >= 0.6 is 0 Å². The van der Waals surface area contributed by atoms with E-state index in [1.54, 1.807) is 17.4 Å². The molecule has 1 unspecified atom stereocenters. The maximum Gasteiger partial charge on any atom is 0.414 e. The Kier molecular flexibility index (Phi) is 4.49. The van der Waals surface area contributed by atoms with Crippen LogP contribution in [0.25, 0.3) is 0 Å². The monoisotopic (exact) mass is 340 g/mol. The van der Waals surface area contributed by atoms with E-state index in [-0.39, 0.29) is 12.2 Å². The molecule has 0 spiro atoms. The lowest BCUT2D eigenvalue weighted by molar-refractivity contribution is 0.0314. The van der Waals surface area contributed by atoms with Gasteiger partial charge in [-0.1, -0.05) is 18.2 Å². The molecule has 1 aromatic carbocycles. The summed E-state index contributed by atoms with van der Waals surface area (Å²) in [7, 11) is 2.19. The van der Waals surface area contributed by atoms with Crippen LogP contribution in [0.5, 0.6) is 0 Å². The zero-order valence-electron chi connectivity index (χ0n) is 14.5. The van der Waals surface area contributed by atoms with Crippen molar-refractivity contribution < 1.29 is 13.9 Å². The van der Waals surface area contributed by atoms with Gasteiger partial charge in [0.15, 0.2) is 0 Å². The van der Waals surface area contributed by atoms with Crippen molar-refractivity contribution in [3.63, 3.8) is 0 Å². The second-order valence-corrected chi connectivity index (χ2v) is 7.08. The second-order valence-electron chi connectivity index (χ2n) is 7.08. The fraction of sp³-hybridized carbons (Fsp3) is 0.450. The van der Waals surface area contributed by atoms with Gasteiger partial charge in [-0.25, -0.2) is 4.79 Å². The lowest BCUT2D eigenvalue weighted by Gasteiger charge is -2.36. The Morgan fingerprint density at radius 1 is 1.20 bits per heavy atom. The smallest absolute Gasteiger partial charge is 0.414 e. The average molecular weight is 340 g/mol. The Labute approximate surface area is 148 Å². The molecule has 5 nitrogen and oxygen atoms in total. The van der Waals surface area contributed by atoms with E-state index in [9.17, 15) is 4.79 Å². The minimum absolute atomic E-state index is 0.0109. The Morgan fingerprint density at radius 2 is 1.92 bits per heavy atom. The summed E-state index contributed by atoms with van der Waals surface area (Å²) in [5, 5.41) is 0. The fourth-order valence-corrected chi connectivity index (χ4v) is 4.10. The molecular weight excluding hydrogens is 316 g/mol. The summed E-state index contributed by atoms with van der Waals surface area (Å²) in [6, 6.07) is 12.6. The fourth-order valence-electron chi connectivity index (χ4n) is 4.10. The number of amides is 1. The van der Waals surface area contributed by atoms with Crippen molar-refractivity contribution in [2.24, 2.45) is 0 Å². The van der Waals surface area contributed by atoms with E-state index in [1.165, 1.54) is 12.8 Å². The highest BCUT2D eigenvalue weighted by molar-refractivity contribution is 5.87. The van der Waals surface area contributed by atoms with Crippen LogP contribution in [0.15, 0.2) is 53.3 Å². The van der Waals surface area contributed by atoms with Gasteiger partial charge in [-0.05, 0) is 38.1 Å². The van der Waals surface area contributed by atoms with Gasteiger partial charge in [0.1, 0.15) is 6.10 Å². The molecule has 1 aromatic heterocycles. The molecule has 0 N–H and O–H groups in total. The van der Waals surface area contributed by atoms with E-state index in [0.29, 0.717) is 18.6 Å². The van der Waals surface area contributed by atoms with Crippen LogP contribution in [-0.2, 0) is 11.3 Å². The van der Waals surface area contributed by atoms with E-state index in [2.05, 4.69) is 11.9 Å². The third kappa shape index (κ3) is 3.42. The third-order valence-electron chi connectivity index (χ3n) is 5.53. The number of benzene rings is 1. The molecular formula is C20H24N2O3. The van der Waals surface area contributed by atoms with Gasteiger partial charge >= 0.3 is 6.09 Å². The standard InChI is InChI=1S/C20H24N2O3/c1-21-17-7-8-18(21)12-19(11-17)25-20(23)22(13-15-9-10-24-14-15)16-5-3-2-4-6-16/h2-6,9-10,14,17-19H,7-8,11-13H2,1H3/t17-,18+,19?. The summed E-state index contributed by atoms with van der Waals surface area (Å²) in [5.74, 6) is 0. The molecule has 2 aliphatic rings. The number of anilines is 1. The molecule has 4 rings (SSSR count). The first-order valence-electron chi connectivity index (χ1n) is 8.97. The number of para-hydroxylation sites is 1. The number of fused-ring (bicyclic) bond motifs is 2. The predicted octanol–water partition coefficient (Wildman–Crippen LogP) is 4.05. The molecule has 3 heterocycles. The molecule has 2 bridgehead atoms. The zero-order valence-corrected chi connectivity index (χ0v) is 14.5. The molecule has 25 heavy (non-hydrogen) atoms. The van der Waals surface area contributed by atoms with Gasteiger partial charge in [0, 0.05) is 36.2 Å². The number of carbonyl (C=O) groups excluding carboxylic acids is 1. The summed E-state index contributed by atoms with van der Waals surface area (Å²) in [4.78, 5) is 17.0. The second kappa shape index (κ2) is 6.92. The number of rotatable bonds is 4. The van der Waals surface area contributed by atoms with Crippen molar-refractivity contribution in [3.8, 4) is 0 Å². The molecule has 2 saturated heterocycles. The maximum atomic E-state index is 12.9. The summed E-state index contributed by atoms with van der Waals surface area (Å²) < 4.78 is 11.1. The first kappa shape index (κ1) is 16.2. The van der Waals surface area contributed by atoms with Crippen LogP contribution in [0.1, 0.15) is 31.2 Å². The van der Waals surface area contributed by atoms with Crippen LogP contribution in [0.3, 0.4) is 0 Å². The normalized spacial score (nSPS) is 25.7. The third-order valence-corrected chi connectivity index (χ3v) is 5.53. The van der Waals surface area contributed by atoms with Gasteiger partial charge in [0.05, 0.1) is 19.1 Å². The van der Waals surface area contributed by atoms with Crippen molar-refractivity contribution in [2.75, 3.05) is 11.9 Å². The number of hydrogen-bond acceptors (Lipinski definition) is 4. The molecule has 2 aliphatic heterocycles. The highest BCUT2D eigenvalue weighted by Crippen LogP contribution is 2.35. The summed E-state index contributed by atoms with van der Waals surface area (Å²) >= 11 is 0. The highest BCUT2D eigenvalue weighted by atomic mass is 16.6. The number of furan rings is 1. The lowest BCUT2D eigenvalue weighted by atomic mass is 10.0. The Balaban J connectivity index is 1.48. The van der Waals surface area contributed by atoms with Crippen LogP contribution in [-0.4, -0.2) is 36.2 Å². The van der Waals surface area contributed by atoms with Crippen molar-refractivity contribution >= 4 is 11.8 Å². The first-order chi connectivity index (χ1) is 12.2. The molecule has 2 fully saturated rings. The van der Waals surface area contributed by atoms with Gasteiger partial charge in [-0.15, -0.1) is 0 Å². The van der Waals surface area contributed by atoms with Crippen LogP contribution in [0.2, 0.25) is 0 Å². The van der Waals surface area contributed by atoms with Gasteiger partial charge < -0.3 is 14.1 Å². The van der Waals surface area contributed by atoms with Gasteiger partial charge in [-0.2, -0.15) is 0 Å². The molecule has 2 aromatic rings. The minimum Gasteiger partial charge on any atom is -0.472 e. The quantitative estimate of drug-likeness (QED) is 0.842. The molecule has 5 heteroatoms. The van der Waals surface area contributed by atoms with Gasteiger partial charge in [-0.3, -0.25) is 4.90 Å². The van der Waals surface area contributed by atoms with Gasteiger partial charge in [0.25, 0.3) is 0 Å². The number of nitrogens with zero attached hydrogens (tertiary/aromatic N) is 2. The van der Waals surface area contributed by atoms with E-state index in [0.717, 1.165) is 24.1 Å². The number of piperidine rings is 1. The first-order valence-corrected chi connectivity index (χ1v) is 8.97. The largest absolute Gasteiger partial charge is 0.472 e. The summed E-state index contributed by atoms with van der Waals surface area (Å²) in [6.07, 6.45) is 7.33. The number of carbonyl (C=O) groups is 1. The minimum atomic E-state index is -0.277. The predicted molar refractivity (Wildman–Crippen MR) is 95.4 cm³/mol. The molecule has 3 atom stereocenters. The van der Waals surface area contributed by atoms with E-state index in [4.69, 9.17) is 9.15 Å². The summed E-state index contributed by atoms with van der Waals surface area (Å²) in [5.41, 5.74) is 1.79. The Bertz CT molecular complexity index is 687. The van der Waals surface area contributed by atoms with E-state index in [1.807, 2.05) is 36.4 Å². The number of ether oxygens (including phenoxy) is 1. The topological polar surface area (TPSA) is 45.9 Å². The number of hydrogen-bond donors (Lipinski definition) is 0. The summed E-state index contributed by atoms with van der Waals surface area (Å²) in [6.45, 7) is 0.443. The lowest BCUT2D eigenvalue weighted by Crippen LogP contribution is -2.45. The van der Waals surface area contributed by atoms with E-state index >= 15 is 0 Å². The maximum absolute atomic E-state index is 12.9.